The molecule has 3 N–H and O–H groups in total. The highest BCUT2D eigenvalue weighted by atomic mass is 35.5. The van der Waals surface area contributed by atoms with E-state index in [0.29, 0.717) is 31.1 Å². The van der Waals surface area contributed by atoms with Crippen LogP contribution in [-0.4, -0.2) is 65.9 Å². The fourth-order valence-corrected chi connectivity index (χ4v) is 5.50. The topological polar surface area (TPSA) is 103 Å². The maximum atomic E-state index is 14.0. The molecule has 8 nitrogen and oxygen atoms in total. The summed E-state index contributed by atoms with van der Waals surface area (Å²) in [6, 6.07) is 31.7. The zero-order valence-electron chi connectivity index (χ0n) is 24.8. The highest BCUT2D eigenvalue weighted by Gasteiger charge is 2.33. The van der Waals surface area contributed by atoms with Crippen molar-refractivity contribution in [1.29, 1.82) is 0 Å². The first-order valence-electron chi connectivity index (χ1n) is 15.0. The number of rotatable bonds is 11. The van der Waals surface area contributed by atoms with Gasteiger partial charge in [0.15, 0.2) is 0 Å². The lowest BCUT2D eigenvalue weighted by Crippen LogP contribution is -2.54. The van der Waals surface area contributed by atoms with Crippen molar-refractivity contribution in [2.75, 3.05) is 26.2 Å². The third-order valence-electron chi connectivity index (χ3n) is 7.79. The van der Waals surface area contributed by atoms with E-state index in [-0.39, 0.29) is 41.9 Å². The Balaban J connectivity index is 1.30. The normalized spacial score (nSPS) is 16.8. The number of hydrogen-bond acceptors (Lipinski definition) is 5. The summed E-state index contributed by atoms with van der Waals surface area (Å²) in [7, 11) is 0. The Morgan fingerprint density at radius 2 is 1.56 bits per heavy atom. The van der Waals surface area contributed by atoms with Crippen LogP contribution >= 0.6 is 11.6 Å². The molecule has 2 atom stereocenters. The Morgan fingerprint density at radius 1 is 0.889 bits per heavy atom. The SMILES string of the molecule is O=C(/C=C/c1ccc(Cl)cc1)NC[C@@H]1CCN(CC(c2ccccc2)c2ccccc2)C(=O)[C@H](CNC(=O)c2ccccn2)N1. The lowest BCUT2D eigenvalue weighted by Gasteiger charge is -2.29. The lowest BCUT2D eigenvalue weighted by atomic mass is 9.90. The molecule has 230 valence electrons. The van der Waals surface area contributed by atoms with Crippen molar-refractivity contribution in [3.63, 3.8) is 0 Å². The number of carbonyl (C=O) groups excluding carboxylic acids is 3. The number of pyridine rings is 1. The van der Waals surface area contributed by atoms with Gasteiger partial charge in [-0.2, -0.15) is 0 Å². The van der Waals surface area contributed by atoms with Gasteiger partial charge in [0.1, 0.15) is 11.7 Å². The number of nitrogens with zero attached hydrogens (tertiary/aromatic N) is 2. The van der Waals surface area contributed by atoms with Crippen molar-refractivity contribution in [3.8, 4) is 0 Å². The third kappa shape index (κ3) is 9.11. The molecule has 1 aliphatic heterocycles. The van der Waals surface area contributed by atoms with Gasteiger partial charge in [-0.15, -0.1) is 0 Å². The van der Waals surface area contributed by atoms with Crippen LogP contribution in [0.1, 0.15) is 39.5 Å². The molecule has 1 aliphatic rings. The zero-order valence-corrected chi connectivity index (χ0v) is 25.6. The fraction of sp³-hybridized carbons (Fsp3) is 0.222. The molecule has 1 aromatic heterocycles. The number of amides is 3. The van der Waals surface area contributed by atoms with Gasteiger partial charge in [0.05, 0.1) is 0 Å². The first kappa shape index (κ1) is 31.6. The number of halogens is 1. The van der Waals surface area contributed by atoms with Gasteiger partial charge >= 0.3 is 0 Å². The van der Waals surface area contributed by atoms with E-state index in [0.717, 1.165) is 16.7 Å². The molecule has 9 heteroatoms. The molecule has 45 heavy (non-hydrogen) atoms. The zero-order chi connectivity index (χ0) is 31.4. The summed E-state index contributed by atoms with van der Waals surface area (Å²) in [5.41, 5.74) is 3.37. The molecule has 3 amide bonds. The number of carbonyl (C=O) groups is 3. The molecule has 1 saturated heterocycles. The summed E-state index contributed by atoms with van der Waals surface area (Å²) in [5.74, 6) is -0.740. The monoisotopic (exact) mass is 621 g/mol. The molecule has 0 unspecified atom stereocenters. The molecule has 0 saturated carbocycles. The standard InChI is InChI=1S/C36H36ClN5O3/c37-29-17-14-26(15-18-29)16-19-34(43)39-23-30-20-22-42(25-31(27-9-3-1-4-10-27)28-11-5-2-6-12-28)36(45)33(41-30)24-40-35(44)32-13-7-8-21-38-32/h1-19,21,30-31,33,41H,20,22-25H2,(H,39,43)(H,40,44)/b19-16+/t30-,33-/m0/s1. The quantitative estimate of drug-likeness (QED) is 0.211. The molecule has 1 fully saturated rings. The first-order valence-corrected chi connectivity index (χ1v) is 15.4. The van der Waals surface area contributed by atoms with E-state index in [9.17, 15) is 14.4 Å². The van der Waals surface area contributed by atoms with Gasteiger partial charge in [0.25, 0.3) is 5.91 Å². The van der Waals surface area contributed by atoms with Crippen LogP contribution in [0.2, 0.25) is 5.02 Å². The van der Waals surface area contributed by atoms with Gasteiger partial charge in [0.2, 0.25) is 11.8 Å². The highest BCUT2D eigenvalue weighted by Crippen LogP contribution is 2.26. The maximum absolute atomic E-state index is 14.0. The summed E-state index contributed by atoms with van der Waals surface area (Å²) >= 11 is 5.95. The van der Waals surface area contributed by atoms with E-state index >= 15 is 0 Å². The van der Waals surface area contributed by atoms with E-state index in [2.05, 4.69) is 45.2 Å². The summed E-state index contributed by atoms with van der Waals surface area (Å²) in [5, 5.41) is 9.87. The minimum Gasteiger partial charge on any atom is -0.351 e. The lowest BCUT2D eigenvalue weighted by molar-refractivity contribution is -0.132. The second-order valence-corrected chi connectivity index (χ2v) is 11.4. The molecular formula is C36H36ClN5O3. The van der Waals surface area contributed by atoms with Crippen LogP contribution in [-0.2, 0) is 9.59 Å². The molecular weight excluding hydrogens is 586 g/mol. The van der Waals surface area contributed by atoms with Crippen molar-refractivity contribution in [1.82, 2.24) is 25.8 Å². The van der Waals surface area contributed by atoms with Gasteiger partial charge in [-0.05, 0) is 53.5 Å². The van der Waals surface area contributed by atoms with E-state index in [1.54, 1.807) is 42.6 Å². The third-order valence-corrected chi connectivity index (χ3v) is 8.04. The number of benzene rings is 3. The van der Waals surface area contributed by atoms with Crippen LogP contribution in [0, 0.1) is 0 Å². The van der Waals surface area contributed by atoms with Gasteiger partial charge in [-0.25, -0.2) is 0 Å². The Kier molecular flexibility index (Phi) is 11.1. The molecule has 5 rings (SSSR count). The van der Waals surface area contributed by atoms with Crippen LogP contribution < -0.4 is 16.0 Å². The fourth-order valence-electron chi connectivity index (χ4n) is 5.38. The second-order valence-electron chi connectivity index (χ2n) is 10.9. The molecule has 0 aliphatic carbocycles. The predicted molar refractivity (Wildman–Crippen MR) is 177 cm³/mol. The molecule has 2 heterocycles. The Bertz CT molecular complexity index is 1540. The van der Waals surface area contributed by atoms with Gasteiger partial charge in [-0.1, -0.05) is 90.5 Å². The Morgan fingerprint density at radius 3 is 2.20 bits per heavy atom. The molecule has 0 spiro atoms. The average molecular weight is 622 g/mol. The highest BCUT2D eigenvalue weighted by molar-refractivity contribution is 6.30. The first-order chi connectivity index (χ1) is 22.0. The average Bonchev–Trinajstić information content (AvgIpc) is 3.23. The van der Waals surface area contributed by atoms with Crippen LogP contribution in [0.25, 0.3) is 6.08 Å². The number of hydrogen-bond donors (Lipinski definition) is 3. The minimum absolute atomic E-state index is 0.0330. The van der Waals surface area contributed by atoms with Crippen molar-refractivity contribution in [2.45, 2.75) is 24.4 Å². The van der Waals surface area contributed by atoms with E-state index in [1.807, 2.05) is 53.4 Å². The van der Waals surface area contributed by atoms with Crippen molar-refractivity contribution in [2.24, 2.45) is 0 Å². The predicted octanol–water partition coefficient (Wildman–Crippen LogP) is 4.69. The smallest absolute Gasteiger partial charge is 0.269 e. The van der Waals surface area contributed by atoms with E-state index in [1.165, 1.54) is 6.08 Å². The Hall–Kier alpha value is -4.79. The maximum Gasteiger partial charge on any atom is 0.269 e. The van der Waals surface area contributed by atoms with Gasteiger partial charge in [-0.3, -0.25) is 24.7 Å². The van der Waals surface area contributed by atoms with E-state index in [4.69, 9.17) is 11.6 Å². The van der Waals surface area contributed by atoms with Crippen LogP contribution in [0.4, 0.5) is 0 Å². The summed E-state index contributed by atoms with van der Waals surface area (Å²) < 4.78 is 0. The molecule has 0 radical (unpaired) electrons. The molecule has 0 bridgehead atoms. The van der Waals surface area contributed by atoms with Gasteiger partial charge in [0, 0.05) is 55.4 Å². The van der Waals surface area contributed by atoms with E-state index < -0.39 is 6.04 Å². The molecule has 3 aromatic carbocycles. The number of nitrogens with one attached hydrogen (secondary N) is 3. The van der Waals surface area contributed by atoms with Gasteiger partial charge < -0.3 is 15.5 Å². The van der Waals surface area contributed by atoms with Crippen molar-refractivity contribution >= 4 is 35.4 Å². The largest absolute Gasteiger partial charge is 0.351 e. The summed E-state index contributed by atoms with van der Waals surface area (Å²) in [6.45, 7) is 1.36. The minimum atomic E-state index is -0.695. The van der Waals surface area contributed by atoms with Crippen LogP contribution in [0.15, 0.2) is 115 Å². The summed E-state index contributed by atoms with van der Waals surface area (Å²) in [4.78, 5) is 45.5. The molecule has 4 aromatic rings. The van der Waals surface area contributed by atoms with Crippen molar-refractivity contribution in [3.05, 3.63) is 143 Å². The summed E-state index contributed by atoms with van der Waals surface area (Å²) in [6.07, 6.45) is 5.37. The van der Waals surface area contributed by atoms with Crippen LogP contribution in [0.3, 0.4) is 0 Å². The Labute approximate surface area is 268 Å². The van der Waals surface area contributed by atoms with Crippen LogP contribution in [0.5, 0.6) is 0 Å². The number of aromatic nitrogens is 1. The second kappa shape index (κ2) is 15.8. The van der Waals surface area contributed by atoms with Crippen molar-refractivity contribution < 1.29 is 14.4 Å².